The lowest BCUT2D eigenvalue weighted by molar-refractivity contribution is -0.0454. The minimum absolute atomic E-state index is 0.0467. The molecule has 9 atom stereocenters. The third kappa shape index (κ3) is 3.72. The molecule has 5 fully saturated rings. The van der Waals surface area contributed by atoms with Crippen LogP contribution in [0.15, 0.2) is 46.0 Å². The molecule has 0 N–H and O–H groups in total. The van der Waals surface area contributed by atoms with Crippen LogP contribution in [0, 0.1) is 17.3 Å². The molecule has 7 heterocycles. The van der Waals surface area contributed by atoms with Crippen molar-refractivity contribution in [2.75, 3.05) is 18.8 Å². The van der Waals surface area contributed by atoms with E-state index in [0.717, 1.165) is 43.5 Å². The average Bonchev–Trinajstić information content (AvgIpc) is 3.63. The Kier molecular flexibility index (Phi) is 5.83. The van der Waals surface area contributed by atoms with Gasteiger partial charge >= 0.3 is 0 Å². The van der Waals surface area contributed by atoms with Gasteiger partial charge in [-0.2, -0.15) is 0 Å². The van der Waals surface area contributed by atoms with Crippen LogP contribution in [0.2, 0.25) is 0 Å². The van der Waals surface area contributed by atoms with Gasteiger partial charge in [-0.25, -0.2) is 0 Å². The van der Waals surface area contributed by atoms with Crippen LogP contribution in [0.4, 0.5) is 0 Å². The molecule has 0 aromatic carbocycles. The molecular weight excluding hydrogens is 468 g/mol. The minimum Gasteiger partial charge on any atom is -0.472 e. The summed E-state index contributed by atoms with van der Waals surface area (Å²) in [4.78, 5) is 5.59. The Morgan fingerprint density at radius 1 is 0.806 bits per heavy atom. The first-order chi connectivity index (χ1) is 17.5. The molecule has 5 aliphatic rings. The maximum atomic E-state index is 14.1. The topological polar surface area (TPSA) is 49.8 Å². The van der Waals surface area contributed by atoms with E-state index in [9.17, 15) is 4.21 Å². The Balaban J connectivity index is 1.16. The van der Waals surface area contributed by atoms with E-state index in [2.05, 4.69) is 35.8 Å². The second-order valence-electron chi connectivity index (χ2n) is 13.2. The third-order valence-corrected chi connectivity index (χ3v) is 13.4. The largest absolute Gasteiger partial charge is 0.472 e. The lowest BCUT2D eigenvalue weighted by atomic mass is 9.67. The summed E-state index contributed by atoms with van der Waals surface area (Å²) >= 11 is 0. The smallest absolute Gasteiger partial charge is 0.0950 e. The molecule has 0 saturated carbocycles. The summed E-state index contributed by atoms with van der Waals surface area (Å²) in [6.07, 6.45) is 18.5. The molecule has 1 unspecified atom stereocenters. The highest BCUT2D eigenvalue weighted by molar-refractivity contribution is 7.86. The molecule has 7 rings (SSSR count). The van der Waals surface area contributed by atoms with Crippen molar-refractivity contribution in [1.29, 1.82) is 0 Å². The van der Waals surface area contributed by atoms with E-state index in [0.29, 0.717) is 24.2 Å². The van der Waals surface area contributed by atoms with Gasteiger partial charge < -0.3 is 8.83 Å². The lowest BCUT2D eigenvalue weighted by Crippen LogP contribution is -2.58. The molecule has 0 bridgehead atoms. The molecule has 5 saturated heterocycles. The van der Waals surface area contributed by atoms with E-state index < -0.39 is 10.8 Å². The van der Waals surface area contributed by atoms with Gasteiger partial charge in [0.1, 0.15) is 0 Å². The number of hydrogen-bond acceptors (Lipinski definition) is 5. The zero-order chi connectivity index (χ0) is 24.5. The fourth-order valence-corrected chi connectivity index (χ4v) is 11.6. The summed E-state index contributed by atoms with van der Waals surface area (Å²) in [5.74, 6) is 2.36. The molecule has 5 nitrogen and oxygen atoms in total. The van der Waals surface area contributed by atoms with Gasteiger partial charge in [0, 0.05) is 64.9 Å². The molecule has 2 aromatic rings. The van der Waals surface area contributed by atoms with Crippen molar-refractivity contribution in [3.63, 3.8) is 0 Å². The van der Waals surface area contributed by atoms with Gasteiger partial charge in [-0.3, -0.25) is 14.0 Å². The van der Waals surface area contributed by atoms with Gasteiger partial charge in [-0.15, -0.1) is 0 Å². The van der Waals surface area contributed by atoms with Gasteiger partial charge in [0.05, 0.1) is 29.8 Å². The molecule has 36 heavy (non-hydrogen) atoms. The summed E-state index contributed by atoms with van der Waals surface area (Å²) in [6, 6.07) is 6.46. The Morgan fingerprint density at radius 3 is 1.97 bits per heavy atom. The quantitative estimate of drug-likeness (QED) is 0.473. The standard InChI is InChI=1S/C30H42N2O3S/c1-21-3-5-27(23-9-13-34-15-23)31-18-29(11-7-25(21)31)17-30(36(33)20-29)12-8-26-22(2)4-6-28(32(26)19-30)24-10-14-35-16-24/h9-10,13-16,21-22,25-28H,3-8,11-12,17-20H2,1-2H3/t21-,22-,25+,26+,27+,28+,29+,30+,36?/m1/s1. The summed E-state index contributed by atoms with van der Waals surface area (Å²) in [6.45, 7) is 6.99. The number of hydrogen-bond donors (Lipinski definition) is 0. The van der Waals surface area contributed by atoms with Crippen molar-refractivity contribution >= 4 is 10.8 Å². The fourth-order valence-electron chi connectivity index (χ4n) is 9.26. The predicted octanol–water partition coefficient (Wildman–Crippen LogP) is 6.32. The predicted molar refractivity (Wildman–Crippen MR) is 142 cm³/mol. The first kappa shape index (κ1) is 23.7. The maximum absolute atomic E-state index is 14.1. The number of piperidine rings is 4. The first-order valence-corrected chi connectivity index (χ1v) is 15.7. The maximum Gasteiger partial charge on any atom is 0.0950 e. The SMILES string of the molecule is C[C@@H]1CC[C@@H](c2ccoc2)N2C[C@@]3(CC[C@@H]12)CS(=O)[C@@]1(CC[C@H]2[C@H](C)CC[C@@H](c4ccoc4)N2C1)C3. The molecule has 2 aromatic heterocycles. The summed E-state index contributed by atoms with van der Waals surface area (Å²) in [5, 5.41) is 0. The second-order valence-corrected chi connectivity index (χ2v) is 15.0. The van der Waals surface area contributed by atoms with E-state index in [1.165, 1.54) is 56.1 Å². The Morgan fingerprint density at radius 2 is 1.39 bits per heavy atom. The van der Waals surface area contributed by atoms with Crippen molar-refractivity contribution in [1.82, 2.24) is 9.80 Å². The number of fused-ring (bicyclic) bond motifs is 2. The van der Waals surface area contributed by atoms with Crippen LogP contribution in [-0.4, -0.2) is 49.7 Å². The molecule has 196 valence electrons. The van der Waals surface area contributed by atoms with E-state index >= 15 is 0 Å². The minimum atomic E-state index is -0.772. The fraction of sp³-hybridized carbons (Fsp3) is 0.733. The van der Waals surface area contributed by atoms with Gasteiger partial charge in [0.2, 0.25) is 0 Å². The van der Waals surface area contributed by atoms with Crippen molar-refractivity contribution < 1.29 is 13.0 Å². The van der Waals surface area contributed by atoms with E-state index in [1.54, 1.807) is 0 Å². The van der Waals surface area contributed by atoms with Crippen LogP contribution in [0.3, 0.4) is 0 Å². The highest BCUT2D eigenvalue weighted by Crippen LogP contribution is 2.56. The van der Waals surface area contributed by atoms with E-state index in [1.807, 2.05) is 25.1 Å². The van der Waals surface area contributed by atoms with Crippen molar-refractivity contribution in [2.45, 2.75) is 101 Å². The lowest BCUT2D eigenvalue weighted by Gasteiger charge is -2.55. The normalized spacial score (nSPS) is 45.7. The molecule has 0 amide bonds. The van der Waals surface area contributed by atoms with Gasteiger partial charge in [0.25, 0.3) is 0 Å². The molecule has 5 aliphatic heterocycles. The highest BCUT2D eigenvalue weighted by Gasteiger charge is 2.59. The van der Waals surface area contributed by atoms with Crippen LogP contribution in [0.5, 0.6) is 0 Å². The summed E-state index contributed by atoms with van der Waals surface area (Å²) in [5.41, 5.74) is 2.84. The summed E-state index contributed by atoms with van der Waals surface area (Å²) in [7, 11) is -0.772. The zero-order valence-corrected chi connectivity index (χ0v) is 22.8. The van der Waals surface area contributed by atoms with Crippen LogP contribution >= 0.6 is 0 Å². The second kappa shape index (κ2) is 8.84. The molecular formula is C30H42N2O3S. The molecule has 0 radical (unpaired) electrons. The van der Waals surface area contributed by atoms with Gasteiger partial charge in [-0.1, -0.05) is 13.8 Å². The van der Waals surface area contributed by atoms with Crippen LogP contribution in [0.25, 0.3) is 0 Å². The molecule has 6 heteroatoms. The van der Waals surface area contributed by atoms with E-state index in [4.69, 9.17) is 8.83 Å². The molecule has 2 spiro atoms. The Labute approximate surface area is 218 Å². The number of rotatable bonds is 2. The van der Waals surface area contributed by atoms with Crippen molar-refractivity contribution in [2.24, 2.45) is 17.3 Å². The number of nitrogens with zero attached hydrogens (tertiary/aromatic N) is 2. The summed E-state index contributed by atoms with van der Waals surface area (Å²) < 4.78 is 25.1. The number of furan rings is 2. The third-order valence-electron chi connectivity index (χ3n) is 11.1. The monoisotopic (exact) mass is 510 g/mol. The molecule has 0 aliphatic carbocycles. The van der Waals surface area contributed by atoms with Gasteiger partial charge in [-0.05, 0) is 87.2 Å². The first-order valence-electron chi connectivity index (χ1n) is 14.4. The van der Waals surface area contributed by atoms with Gasteiger partial charge in [0.15, 0.2) is 0 Å². The Hall–Kier alpha value is -1.37. The van der Waals surface area contributed by atoms with Crippen molar-refractivity contribution in [3.8, 4) is 0 Å². The van der Waals surface area contributed by atoms with E-state index in [-0.39, 0.29) is 10.2 Å². The van der Waals surface area contributed by atoms with Crippen molar-refractivity contribution in [3.05, 3.63) is 48.3 Å². The Bertz CT molecular complexity index is 1090. The van der Waals surface area contributed by atoms with Crippen LogP contribution in [-0.2, 0) is 10.8 Å². The highest BCUT2D eigenvalue weighted by atomic mass is 32.2. The van der Waals surface area contributed by atoms with Crippen LogP contribution < -0.4 is 0 Å². The van der Waals surface area contributed by atoms with Crippen LogP contribution in [0.1, 0.15) is 94.8 Å². The zero-order valence-electron chi connectivity index (χ0n) is 21.9. The average molecular weight is 511 g/mol.